The number of rotatable bonds is 14. The summed E-state index contributed by atoms with van der Waals surface area (Å²) in [5.41, 5.74) is 7.76. The summed E-state index contributed by atoms with van der Waals surface area (Å²) in [6.07, 6.45) is 2.82. The number of esters is 1. The van der Waals surface area contributed by atoms with Crippen LogP contribution in [0.3, 0.4) is 0 Å². The fourth-order valence-electron chi connectivity index (χ4n) is 5.75. The highest BCUT2D eigenvalue weighted by atomic mass is 32.2. The number of carbonyl (C=O) groups is 4. The fourth-order valence-corrected chi connectivity index (χ4v) is 7.64. The molecule has 3 amide bonds. The van der Waals surface area contributed by atoms with Gasteiger partial charge in [0, 0.05) is 35.9 Å². The van der Waals surface area contributed by atoms with Gasteiger partial charge in [-0.15, -0.1) is 11.8 Å². The van der Waals surface area contributed by atoms with Crippen molar-refractivity contribution in [3.8, 4) is 5.75 Å². The molecule has 1 saturated heterocycles. The molecule has 6 rings (SSSR count). The van der Waals surface area contributed by atoms with Crippen molar-refractivity contribution < 1.29 is 42.8 Å². The van der Waals surface area contributed by atoms with Crippen LogP contribution in [0.4, 0.5) is 9.93 Å². The average molecular weight is 794 g/mol. The van der Waals surface area contributed by atoms with E-state index in [4.69, 9.17) is 24.8 Å². The van der Waals surface area contributed by atoms with Crippen LogP contribution in [0.2, 0.25) is 0 Å². The van der Waals surface area contributed by atoms with Crippen molar-refractivity contribution in [2.24, 2.45) is 10.9 Å². The maximum atomic E-state index is 14.0. The maximum Gasteiger partial charge on any atom is 0.414 e. The molecule has 1 fully saturated rings. The van der Waals surface area contributed by atoms with Gasteiger partial charge in [0.15, 0.2) is 0 Å². The zero-order valence-corrected chi connectivity index (χ0v) is 32.4. The van der Waals surface area contributed by atoms with E-state index in [1.807, 2.05) is 27.5 Å². The molecular formula is C35H41N10O8S2+. The van der Waals surface area contributed by atoms with Gasteiger partial charge in [-0.25, -0.2) is 14.2 Å². The third-order valence-electron chi connectivity index (χ3n) is 8.18. The number of benzene rings is 1. The van der Waals surface area contributed by atoms with Gasteiger partial charge in [-0.2, -0.15) is 9.36 Å². The van der Waals surface area contributed by atoms with Crippen LogP contribution in [-0.4, -0.2) is 96.4 Å². The largest absolute Gasteiger partial charge is 0.497 e. The molecule has 5 heterocycles. The lowest BCUT2D eigenvalue weighted by Gasteiger charge is -2.49. The number of anilines is 1. The van der Waals surface area contributed by atoms with E-state index < -0.39 is 40.9 Å². The summed E-state index contributed by atoms with van der Waals surface area (Å²) in [5, 5.41) is 8.53. The monoisotopic (exact) mass is 793 g/mol. The van der Waals surface area contributed by atoms with Gasteiger partial charge in [0.25, 0.3) is 11.8 Å². The minimum atomic E-state index is -1.03. The third kappa shape index (κ3) is 8.87. The van der Waals surface area contributed by atoms with Gasteiger partial charge in [-0.3, -0.25) is 19.8 Å². The number of carbonyl (C=O) groups excluding carboxylic acids is 4. The lowest BCUT2D eigenvalue weighted by atomic mass is 10.0. The molecule has 4 aromatic rings. The van der Waals surface area contributed by atoms with Crippen molar-refractivity contribution in [3.63, 3.8) is 0 Å². The summed E-state index contributed by atoms with van der Waals surface area (Å²) in [6.45, 7) is 8.17. The maximum absolute atomic E-state index is 14.0. The van der Waals surface area contributed by atoms with Crippen molar-refractivity contribution in [2.45, 2.75) is 64.4 Å². The van der Waals surface area contributed by atoms with E-state index in [-0.39, 0.29) is 42.1 Å². The second kappa shape index (κ2) is 16.8. The quantitative estimate of drug-likeness (QED) is 0.0550. The van der Waals surface area contributed by atoms with Crippen LogP contribution in [0, 0.1) is 0 Å². The number of pyridine rings is 1. The summed E-state index contributed by atoms with van der Waals surface area (Å²) >= 11 is 2.19. The number of hydrogen-bond acceptors (Lipinski definition) is 15. The number of β-lactam (4-membered cyclic amide) rings is 1. The molecule has 2 aliphatic heterocycles. The highest BCUT2D eigenvalue weighted by molar-refractivity contribution is 8.00. The molecule has 0 bridgehead atoms. The predicted octanol–water partition coefficient (Wildman–Crippen LogP) is 2.33. The Morgan fingerprint density at radius 2 is 1.95 bits per heavy atom. The average Bonchev–Trinajstić information content (AvgIpc) is 3.79. The molecule has 3 aromatic heterocycles. The number of oxime groups is 1. The lowest BCUT2D eigenvalue weighted by molar-refractivity contribution is -0.664. The second-order valence-corrected chi connectivity index (χ2v) is 15.1. The zero-order valence-electron chi connectivity index (χ0n) is 30.8. The summed E-state index contributed by atoms with van der Waals surface area (Å²) in [5.74, 6) is -1.14. The molecule has 18 nitrogen and oxygen atoms in total. The van der Waals surface area contributed by atoms with E-state index in [0.29, 0.717) is 35.8 Å². The van der Waals surface area contributed by atoms with Crippen molar-refractivity contribution in [2.75, 3.05) is 31.3 Å². The Morgan fingerprint density at radius 3 is 2.65 bits per heavy atom. The van der Waals surface area contributed by atoms with Crippen LogP contribution in [0.1, 0.15) is 39.1 Å². The van der Waals surface area contributed by atoms with Crippen molar-refractivity contribution in [1.29, 1.82) is 0 Å². The number of thioether (sulfide) groups is 1. The van der Waals surface area contributed by atoms with Gasteiger partial charge in [0.1, 0.15) is 53.7 Å². The third-order valence-corrected chi connectivity index (χ3v) is 10.2. The Labute approximate surface area is 324 Å². The fraction of sp³-hybridized carbons (Fsp3) is 0.400. The Balaban J connectivity index is 1.24. The first-order chi connectivity index (χ1) is 26.4. The number of aromatic nitrogens is 5. The second-order valence-electron chi connectivity index (χ2n) is 13.2. The van der Waals surface area contributed by atoms with Gasteiger partial charge in [0.05, 0.1) is 13.3 Å². The number of nitrogens with zero attached hydrogens (tertiary/aromatic N) is 7. The highest BCUT2D eigenvalue weighted by Gasteiger charge is 2.55. The van der Waals surface area contributed by atoms with Gasteiger partial charge in [0.2, 0.25) is 23.0 Å². The van der Waals surface area contributed by atoms with E-state index in [2.05, 4.69) is 30.1 Å². The molecule has 0 aliphatic carbocycles. The SMILES string of the molecule is CCO/N=C(\C(=O)NC1C(=O)N2C(C(=O)OCc3ccc(OC)cc3)=C(C[n+]3cccc4c3ncn4CCN)CSC12)c1nsc(NC(=O)OC(C)(C)C)n1. The molecule has 290 valence electrons. The molecule has 20 heteroatoms. The molecule has 2 aliphatic rings. The number of methoxy groups -OCH3 is 1. The van der Waals surface area contributed by atoms with Gasteiger partial charge < -0.3 is 34.7 Å². The highest BCUT2D eigenvalue weighted by Crippen LogP contribution is 2.41. The summed E-state index contributed by atoms with van der Waals surface area (Å²) < 4.78 is 24.3. The molecule has 55 heavy (non-hydrogen) atoms. The number of nitrogens with one attached hydrogen (secondary N) is 2. The minimum absolute atomic E-state index is 0.0471. The Kier molecular flexibility index (Phi) is 12.0. The van der Waals surface area contributed by atoms with E-state index in [9.17, 15) is 19.2 Å². The van der Waals surface area contributed by atoms with Crippen LogP contribution in [-0.2, 0) is 48.4 Å². The zero-order chi connectivity index (χ0) is 39.3. The number of imidazole rings is 1. The molecule has 0 saturated carbocycles. The number of ether oxygens (including phenoxy) is 3. The van der Waals surface area contributed by atoms with Gasteiger partial charge >= 0.3 is 17.7 Å². The summed E-state index contributed by atoms with van der Waals surface area (Å²) in [4.78, 5) is 69.2. The van der Waals surface area contributed by atoms with Crippen LogP contribution in [0.25, 0.3) is 11.2 Å². The minimum Gasteiger partial charge on any atom is -0.497 e. The van der Waals surface area contributed by atoms with E-state index >= 15 is 0 Å². The van der Waals surface area contributed by atoms with Crippen LogP contribution < -0.4 is 25.7 Å². The van der Waals surface area contributed by atoms with E-state index in [0.717, 1.165) is 22.6 Å². The van der Waals surface area contributed by atoms with Crippen LogP contribution in [0.15, 0.2) is 65.3 Å². The molecular weight excluding hydrogens is 753 g/mol. The topological polar surface area (TPSA) is 218 Å². The molecule has 2 atom stereocenters. The molecule has 1 aromatic carbocycles. The summed E-state index contributed by atoms with van der Waals surface area (Å²) in [6, 6.07) is 9.88. The Hall–Kier alpha value is -5.60. The molecule has 2 unspecified atom stereocenters. The van der Waals surface area contributed by atoms with Gasteiger partial charge in [-0.1, -0.05) is 17.3 Å². The first kappa shape index (κ1) is 39.1. The number of fused-ring (bicyclic) bond motifs is 2. The van der Waals surface area contributed by atoms with Crippen molar-refractivity contribution >= 4 is 69.2 Å². The van der Waals surface area contributed by atoms with Crippen molar-refractivity contribution in [1.82, 2.24) is 29.1 Å². The molecule has 0 spiro atoms. The van der Waals surface area contributed by atoms with Crippen LogP contribution in [0.5, 0.6) is 5.75 Å². The molecule has 0 radical (unpaired) electrons. The smallest absolute Gasteiger partial charge is 0.414 e. The Morgan fingerprint density at radius 1 is 1.16 bits per heavy atom. The standard InChI is InChI=1S/C35H40N10O8S2/c1-6-52-41-24(27-39-33(55-42-27)40-34(49)53-35(2,3)4)29(46)38-25-30(47)45-26(32(48)51-17-20-9-11-22(50-5)12-10-20)21(18-54-31(25)45)16-43-14-7-8-23-28(43)37-19-44(23)15-13-36/h7-12,14,19,25,31H,6,13,15-18,36H2,1-5H3,(H-,38,39,40,42,46,49)/p+1/b41-24-. The number of hydrogen-bond donors (Lipinski definition) is 3. The Bertz CT molecular complexity index is 2140. The van der Waals surface area contributed by atoms with Crippen LogP contribution >= 0.6 is 23.3 Å². The number of amides is 3. The first-order valence-electron chi connectivity index (χ1n) is 17.3. The van der Waals surface area contributed by atoms with E-state index in [1.165, 1.54) is 16.7 Å². The van der Waals surface area contributed by atoms with E-state index in [1.54, 1.807) is 65.4 Å². The molecule has 4 N–H and O–H groups in total. The van der Waals surface area contributed by atoms with Crippen molar-refractivity contribution in [3.05, 3.63) is 71.6 Å². The number of nitrogens with two attached hydrogens (primary N) is 1. The predicted molar refractivity (Wildman–Crippen MR) is 202 cm³/mol. The lowest BCUT2D eigenvalue weighted by Crippen LogP contribution is -2.71. The summed E-state index contributed by atoms with van der Waals surface area (Å²) in [7, 11) is 1.56. The van der Waals surface area contributed by atoms with Gasteiger partial charge in [-0.05, 0) is 62.5 Å². The normalized spacial score (nSPS) is 17.0. The first-order valence-corrected chi connectivity index (χ1v) is 19.1.